The summed E-state index contributed by atoms with van der Waals surface area (Å²) in [4.78, 5) is 9.33. The van der Waals surface area contributed by atoms with Crippen LogP contribution < -0.4 is 15.4 Å². The van der Waals surface area contributed by atoms with E-state index in [9.17, 15) is 0 Å². The molecule has 2 N–H and O–H groups in total. The van der Waals surface area contributed by atoms with Gasteiger partial charge in [0.25, 0.3) is 0 Å². The molecule has 140 valence electrons. The lowest BCUT2D eigenvalue weighted by Gasteiger charge is -2.22. The summed E-state index contributed by atoms with van der Waals surface area (Å²) >= 11 is 0. The molecular weight excluding hydrogens is 336 g/mol. The molecule has 27 heavy (non-hydrogen) atoms. The van der Waals surface area contributed by atoms with Crippen molar-refractivity contribution in [3.8, 4) is 17.0 Å². The SMILES string of the molecule is CCOc1ccc(Nc2nc(NC(C)(C)C)cc(-c3ccccc3)n2)cc1. The van der Waals surface area contributed by atoms with Gasteiger partial charge in [-0.3, -0.25) is 0 Å². The predicted octanol–water partition coefficient (Wildman–Crippen LogP) is 5.50. The summed E-state index contributed by atoms with van der Waals surface area (Å²) in [6.07, 6.45) is 0. The molecule has 5 nitrogen and oxygen atoms in total. The first-order valence-electron chi connectivity index (χ1n) is 9.15. The van der Waals surface area contributed by atoms with Gasteiger partial charge in [-0.25, -0.2) is 4.98 Å². The molecule has 5 heteroatoms. The van der Waals surface area contributed by atoms with E-state index in [0.29, 0.717) is 12.6 Å². The van der Waals surface area contributed by atoms with Crippen molar-refractivity contribution >= 4 is 17.5 Å². The monoisotopic (exact) mass is 362 g/mol. The Morgan fingerprint density at radius 2 is 1.63 bits per heavy atom. The van der Waals surface area contributed by atoms with E-state index >= 15 is 0 Å². The van der Waals surface area contributed by atoms with E-state index in [2.05, 4.69) is 36.4 Å². The Balaban J connectivity index is 1.92. The second kappa shape index (κ2) is 8.08. The van der Waals surface area contributed by atoms with Gasteiger partial charge in [0.15, 0.2) is 0 Å². The molecule has 0 radical (unpaired) electrons. The largest absolute Gasteiger partial charge is 0.494 e. The van der Waals surface area contributed by atoms with Crippen LogP contribution in [0.15, 0.2) is 60.7 Å². The number of rotatable bonds is 6. The fourth-order valence-corrected chi connectivity index (χ4v) is 2.64. The number of benzene rings is 2. The van der Waals surface area contributed by atoms with Gasteiger partial charge in [0.05, 0.1) is 12.3 Å². The summed E-state index contributed by atoms with van der Waals surface area (Å²) in [5.74, 6) is 2.18. The zero-order valence-electron chi connectivity index (χ0n) is 16.3. The minimum absolute atomic E-state index is 0.0985. The van der Waals surface area contributed by atoms with Crippen molar-refractivity contribution in [2.45, 2.75) is 33.2 Å². The molecule has 1 heterocycles. The number of nitrogens with zero attached hydrogens (tertiary/aromatic N) is 2. The standard InChI is InChI=1S/C22H26N4O/c1-5-27-18-13-11-17(12-14-18)23-21-24-19(16-9-7-6-8-10-16)15-20(25-21)26-22(2,3)4/h6-15H,5H2,1-4H3,(H2,23,24,25,26). The highest BCUT2D eigenvalue weighted by Crippen LogP contribution is 2.25. The van der Waals surface area contributed by atoms with E-state index in [1.54, 1.807) is 0 Å². The summed E-state index contributed by atoms with van der Waals surface area (Å²) in [6, 6.07) is 19.9. The number of hydrogen-bond acceptors (Lipinski definition) is 5. The summed E-state index contributed by atoms with van der Waals surface area (Å²) in [5.41, 5.74) is 2.72. The second-order valence-electron chi connectivity index (χ2n) is 7.29. The lowest BCUT2D eigenvalue weighted by Crippen LogP contribution is -2.26. The highest BCUT2D eigenvalue weighted by Gasteiger charge is 2.13. The van der Waals surface area contributed by atoms with Crippen LogP contribution >= 0.6 is 0 Å². The summed E-state index contributed by atoms with van der Waals surface area (Å²) in [5, 5.41) is 6.72. The lowest BCUT2D eigenvalue weighted by atomic mass is 10.1. The van der Waals surface area contributed by atoms with E-state index < -0.39 is 0 Å². The normalized spacial score (nSPS) is 11.1. The van der Waals surface area contributed by atoms with Crippen molar-refractivity contribution in [1.82, 2.24) is 9.97 Å². The van der Waals surface area contributed by atoms with Crippen LogP contribution in [0.3, 0.4) is 0 Å². The van der Waals surface area contributed by atoms with Gasteiger partial charge in [0.1, 0.15) is 11.6 Å². The van der Waals surface area contributed by atoms with E-state index in [1.807, 2.05) is 67.6 Å². The minimum Gasteiger partial charge on any atom is -0.494 e. The molecule has 0 saturated carbocycles. The Bertz CT molecular complexity index is 871. The van der Waals surface area contributed by atoms with Crippen LogP contribution in [0.5, 0.6) is 5.75 Å². The Kier molecular flexibility index (Phi) is 5.60. The van der Waals surface area contributed by atoms with Gasteiger partial charge in [0, 0.05) is 22.9 Å². The highest BCUT2D eigenvalue weighted by atomic mass is 16.5. The van der Waals surface area contributed by atoms with E-state index in [0.717, 1.165) is 28.5 Å². The molecule has 0 saturated heterocycles. The Hall–Kier alpha value is -3.08. The fourth-order valence-electron chi connectivity index (χ4n) is 2.64. The van der Waals surface area contributed by atoms with Crippen LogP contribution in [-0.2, 0) is 0 Å². The predicted molar refractivity (Wildman–Crippen MR) is 112 cm³/mol. The number of ether oxygens (including phenoxy) is 1. The maximum atomic E-state index is 5.49. The molecule has 2 aromatic carbocycles. The Labute approximate surface area is 160 Å². The first-order chi connectivity index (χ1) is 12.9. The van der Waals surface area contributed by atoms with Gasteiger partial charge in [-0.1, -0.05) is 30.3 Å². The van der Waals surface area contributed by atoms with Crippen LogP contribution in [0.25, 0.3) is 11.3 Å². The van der Waals surface area contributed by atoms with Gasteiger partial charge in [-0.15, -0.1) is 0 Å². The quantitative estimate of drug-likeness (QED) is 0.607. The van der Waals surface area contributed by atoms with Crippen molar-refractivity contribution in [3.63, 3.8) is 0 Å². The third kappa shape index (κ3) is 5.45. The van der Waals surface area contributed by atoms with Gasteiger partial charge in [-0.05, 0) is 52.0 Å². The molecule has 0 fully saturated rings. The topological polar surface area (TPSA) is 59.1 Å². The molecule has 0 amide bonds. The van der Waals surface area contributed by atoms with Crippen molar-refractivity contribution in [1.29, 1.82) is 0 Å². The van der Waals surface area contributed by atoms with Crippen molar-refractivity contribution in [2.24, 2.45) is 0 Å². The third-order valence-electron chi connectivity index (χ3n) is 3.72. The number of hydrogen-bond donors (Lipinski definition) is 2. The van der Waals surface area contributed by atoms with Crippen molar-refractivity contribution in [3.05, 3.63) is 60.7 Å². The molecule has 0 aliphatic heterocycles. The molecule has 0 atom stereocenters. The van der Waals surface area contributed by atoms with Crippen LogP contribution in [0.4, 0.5) is 17.5 Å². The molecule has 0 unspecified atom stereocenters. The van der Waals surface area contributed by atoms with Crippen LogP contribution in [0.2, 0.25) is 0 Å². The fraction of sp³-hybridized carbons (Fsp3) is 0.273. The highest BCUT2D eigenvalue weighted by molar-refractivity contribution is 5.66. The molecule has 3 rings (SSSR count). The van der Waals surface area contributed by atoms with Gasteiger partial charge >= 0.3 is 0 Å². The van der Waals surface area contributed by atoms with Gasteiger partial charge in [0.2, 0.25) is 5.95 Å². The van der Waals surface area contributed by atoms with Crippen molar-refractivity contribution < 1.29 is 4.74 Å². The maximum absolute atomic E-state index is 5.49. The molecule has 0 spiro atoms. The third-order valence-corrected chi connectivity index (χ3v) is 3.72. The molecule has 0 aliphatic carbocycles. The van der Waals surface area contributed by atoms with E-state index in [4.69, 9.17) is 9.72 Å². The smallest absolute Gasteiger partial charge is 0.229 e. The first-order valence-corrected chi connectivity index (χ1v) is 9.15. The molecule has 0 aliphatic rings. The number of aromatic nitrogens is 2. The zero-order valence-corrected chi connectivity index (χ0v) is 16.3. The van der Waals surface area contributed by atoms with Gasteiger partial charge in [-0.2, -0.15) is 4.98 Å². The average molecular weight is 362 g/mol. The molecule has 0 bridgehead atoms. The molecular formula is C22H26N4O. The number of anilines is 3. The summed E-state index contributed by atoms with van der Waals surface area (Å²) in [6.45, 7) is 8.94. The summed E-state index contributed by atoms with van der Waals surface area (Å²) < 4.78 is 5.49. The Morgan fingerprint density at radius 1 is 0.926 bits per heavy atom. The second-order valence-corrected chi connectivity index (χ2v) is 7.29. The molecule has 3 aromatic rings. The lowest BCUT2D eigenvalue weighted by molar-refractivity contribution is 0.340. The zero-order chi connectivity index (χ0) is 19.3. The minimum atomic E-state index is -0.0985. The number of nitrogens with one attached hydrogen (secondary N) is 2. The van der Waals surface area contributed by atoms with Gasteiger partial charge < -0.3 is 15.4 Å². The van der Waals surface area contributed by atoms with Crippen LogP contribution in [0, 0.1) is 0 Å². The Morgan fingerprint density at radius 3 is 2.26 bits per heavy atom. The van der Waals surface area contributed by atoms with Crippen LogP contribution in [-0.4, -0.2) is 22.1 Å². The maximum Gasteiger partial charge on any atom is 0.229 e. The first kappa shape index (κ1) is 18.7. The van der Waals surface area contributed by atoms with Crippen LogP contribution in [0.1, 0.15) is 27.7 Å². The van der Waals surface area contributed by atoms with E-state index in [1.165, 1.54) is 0 Å². The van der Waals surface area contributed by atoms with Crippen molar-refractivity contribution in [2.75, 3.05) is 17.2 Å². The summed E-state index contributed by atoms with van der Waals surface area (Å²) in [7, 11) is 0. The average Bonchev–Trinajstić information content (AvgIpc) is 2.63. The molecule has 1 aromatic heterocycles. The van der Waals surface area contributed by atoms with E-state index in [-0.39, 0.29) is 5.54 Å².